The van der Waals surface area contributed by atoms with E-state index < -0.39 is 23.9 Å². The molecule has 2 aromatic carbocycles. The van der Waals surface area contributed by atoms with Crippen LogP contribution in [0.4, 0.5) is 23.7 Å². The fraction of sp³-hybridized carbons (Fsp3) is 0.259. The van der Waals surface area contributed by atoms with Crippen LogP contribution >= 0.6 is 0 Å². The van der Waals surface area contributed by atoms with Crippen molar-refractivity contribution >= 4 is 17.7 Å². The molecule has 5 rings (SSSR count). The Morgan fingerprint density at radius 2 is 1.68 bits per heavy atom. The summed E-state index contributed by atoms with van der Waals surface area (Å²) in [6, 6.07) is 13.2. The average molecular weight is 555 g/mol. The minimum atomic E-state index is -4.71. The molecule has 2 amide bonds. The Hall–Kier alpha value is -4.81. The Balaban J connectivity index is 1.46. The van der Waals surface area contributed by atoms with Gasteiger partial charge in [0.1, 0.15) is 17.3 Å². The van der Waals surface area contributed by atoms with Crippen LogP contribution in [0.15, 0.2) is 60.9 Å². The van der Waals surface area contributed by atoms with Gasteiger partial charge in [0.25, 0.3) is 5.91 Å². The van der Waals surface area contributed by atoms with E-state index >= 15 is 0 Å². The number of hydrogen-bond donors (Lipinski definition) is 0. The van der Waals surface area contributed by atoms with Crippen molar-refractivity contribution < 1.29 is 32.2 Å². The first kappa shape index (κ1) is 26.8. The number of alkyl halides is 3. The lowest BCUT2D eigenvalue weighted by Crippen LogP contribution is -2.39. The Morgan fingerprint density at radius 1 is 1.02 bits per heavy atom. The zero-order chi connectivity index (χ0) is 28.6. The van der Waals surface area contributed by atoms with Crippen molar-refractivity contribution in [3.63, 3.8) is 0 Å². The van der Waals surface area contributed by atoms with E-state index in [0.29, 0.717) is 22.9 Å². The highest BCUT2D eigenvalue weighted by Gasteiger charge is 2.43. The second kappa shape index (κ2) is 10.4. The van der Waals surface area contributed by atoms with Crippen LogP contribution < -0.4 is 9.64 Å². The standard InChI is InChI=1S/C27H25F3N6O4/c1-33(26(38)40-3)16-22-31-13-15-34(22)17-4-6-18(7-5-17)35-14-12-21-23(25(35)37)36(32-24(21)27(28,29)30)19-8-10-20(39-2)11-9-19/h4-11,13,15H,12,14,16H2,1-3H3. The van der Waals surface area contributed by atoms with Crippen LogP contribution in [0.3, 0.4) is 0 Å². The highest BCUT2D eigenvalue weighted by molar-refractivity contribution is 6.07. The summed E-state index contributed by atoms with van der Waals surface area (Å²) in [5, 5.41) is 3.82. The molecule has 13 heteroatoms. The maximum Gasteiger partial charge on any atom is 0.435 e. The number of carbonyl (C=O) groups excluding carboxylic acids is 2. The first-order chi connectivity index (χ1) is 19.1. The first-order valence-electron chi connectivity index (χ1n) is 12.2. The van der Waals surface area contributed by atoms with Gasteiger partial charge < -0.3 is 23.8 Å². The van der Waals surface area contributed by atoms with Gasteiger partial charge in [-0.15, -0.1) is 0 Å². The molecule has 10 nitrogen and oxygen atoms in total. The molecule has 0 spiro atoms. The largest absolute Gasteiger partial charge is 0.497 e. The summed E-state index contributed by atoms with van der Waals surface area (Å²) in [5.74, 6) is 0.519. The van der Waals surface area contributed by atoms with Gasteiger partial charge >= 0.3 is 12.3 Å². The summed E-state index contributed by atoms with van der Waals surface area (Å²) in [4.78, 5) is 32.6. The number of methoxy groups -OCH3 is 2. The average Bonchev–Trinajstić information content (AvgIpc) is 3.58. The maximum atomic E-state index is 13.9. The molecular formula is C27H25F3N6O4. The van der Waals surface area contributed by atoms with E-state index in [9.17, 15) is 22.8 Å². The van der Waals surface area contributed by atoms with Crippen LogP contribution in [0.1, 0.15) is 27.6 Å². The minimum absolute atomic E-state index is 0.0145. The summed E-state index contributed by atoms with van der Waals surface area (Å²) < 4.78 is 54.3. The number of aromatic nitrogens is 4. The molecule has 0 saturated heterocycles. The van der Waals surface area contributed by atoms with Crippen LogP contribution in [-0.4, -0.2) is 64.0 Å². The van der Waals surface area contributed by atoms with Crippen LogP contribution in [0.25, 0.3) is 11.4 Å². The molecule has 0 aliphatic carbocycles. The molecule has 40 heavy (non-hydrogen) atoms. The number of anilines is 1. The molecule has 4 aromatic rings. The number of benzene rings is 2. The molecule has 208 valence electrons. The highest BCUT2D eigenvalue weighted by Crippen LogP contribution is 2.37. The lowest BCUT2D eigenvalue weighted by molar-refractivity contribution is -0.141. The highest BCUT2D eigenvalue weighted by atomic mass is 19.4. The number of imidazole rings is 1. The van der Waals surface area contributed by atoms with Gasteiger partial charge in [-0.1, -0.05) is 0 Å². The lowest BCUT2D eigenvalue weighted by Gasteiger charge is -2.28. The number of hydrogen-bond acceptors (Lipinski definition) is 6. The van der Waals surface area contributed by atoms with E-state index in [1.165, 1.54) is 24.0 Å². The van der Waals surface area contributed by atoms with Crippen LogP contribution in [0.2, 0.25) is 0 Å². The summed E-state index contributed by atoms with van der Waals surface area (Å²) in [5.41, 5.74) is 0.231. The van der Waals surface area contributed by atoms with Gasteiger partial charge in [0.05, 0.1) is 26.5 Å². The molecule has 3 heterocycles. The number of carbonyl (C=O) groups is 2. The Bertz CT molecular complexity index is 1540. The number of halogens is 3. The number of rotatable bonds is 6. The molecule has 0 saturated carbocycles. The zero-order valence-electron chi connectivity index (χ0n) is 21.8. The van der Waals surface area contributed by atoms with E-state index in [1.807, 2.05) is 0 Å². The Kier molecular flexibility index (Phi) is 6.96. The third-order valence-corrected chi connectivity index (χ3v) is 6.62. The second-order valence-electron chi connectivity index (χ2n) is 9.05. The van der Waals surface area contributed by atoms with Crippen molar-refractivity contribution in [2.75, 3.05) is 32.7 Å². The van der Waals surface area contributed by atoms with Gasteiger partial charge in [-0.05, 0) is 55.0 Å². The smallest absolute Gasteiger partial charge is 0.435 e. The molecule has 0 N–H and O–H groups in total. The molecule has 2 aromatic heterocycles. The lowest BCUT2D eigenvalue weighted by atomic mass is 10.0. The quantitative estimate of drug-likeness (QED) is 0.349. The molecule has 0 radical (unpaired) electrons. The zero-order valence-corrected chi connectivity index (χ0v) is 21.8. The molecule has 1 aliphatic heterocycles. The number of ether oxygens (including phenoxy) is 2. The van der Waals surface area contributed by atoms with Gasteiger partial charge in [-0.25, -0.2) is 14.5 Å². The van der Waals surface area contributed by atoms with E-state index in [0.717, 1.165) is 10.4 Å². The van der Waals surface area contributed by atoms with E-state index in [4.69, 9.17) is 9.47 Å². The molecule has 0 bridgehead atoms. The van der Waals surface area contributed by atoms with E-state index in [1.54, 1.807) is 72.5 Å². The third kappa shape index (κ3) is 4.85. The van der Waals surface area contributed by atoms with Crippen LogP contribution in [-0.2, 0) is 23.9 Å². The van der Waals surface area contributed by atoms with Crippen molar-refractivity contribution in [1.29, 1.82) is 0 Å². The monoisotopic (exact) mass is 554 g/mol. The summed E-state index contributed by atoms with van der Waals surface area (Å²) in [6.45, 7) is 0.258. The number of nitrogens with zero attached hydrogens (tertiary/aromatic N) is 6. The SMILES string of the molecule is COC(=O)N(C)Cc1nccn1-c1ccc(N2CCc3c(C(F)(F)F)nn(-c4ccc(OC)cc4)c3C2=O)cc1. The predicted molar refractivity (Wildman–Crippen MR) is 138 cm³/mol. The Morgan fingerprint density at radius 3 is 2.30 bits per heavy atom. The van der Waals surface area contributed by atoms with Gasteiger partial charge in [0, 0.05) is 42.9 Å². The number of amides is 2. The van der Waals surface area contributed by atoms with E-state index in [2.05, 4.69) is 10.1 Å². The van der Waals surface area contributed by atoms with Crippen molar-refractivity contribution in [2.45, 2.75) is 19.1 Å². The normalized spacial score (nSPS) is 13.2. The first-order valence-corrected chi connectivity index (χ1v) is 12.2. The van der Waals surface area contributed by atoms with Crippen molar-refractivity contribution in [3.8, 4) is 17.1 Å². The molecule has 0 fully saturated rings. The van der Waals surface area contributed by atoms with Crippen molar-refractivity contribution in [3.05, 3.63) is 83.7 Å². The van der Waals surface area contributed by atoms with E-state index in [-0.39, 0.29) is 30.8 Å². The summed E-state index contributed by atoms with van der Waals surface area (Å²) in [6.07, 6.45) is -1.89. The van der Waals surface area contributed by atoms with Gasteiger partial charge in [-0.2, -0.15) is 18.3 Å². The van der Waals surface area contributed by atoms with Crippen molar-refractivity contribution in [2.24, 2.45) is 0 Å². The molecule has 1 aliphatic rings. The predicted octanol–water partition coefficient (Wildman–Crippen LogP) is 4.49. The third-order valence-electron chi connectivity index (χ3n) is 6.62. The molecule has 0 atom stereocenters. The topological polar surface area (TPSA) is 94.7 Å². The van der Waals surface area contributed by atoms with Crippen LogP contribution in [0.5, 0.6) is 5.75 Å². The second-order valence-corrected chi connectivity index (χ2v) is 9.05. The molecule has 0 unspecified atom stereocenters. The fourth-order valence-corrected chi connectivity index (χ4v) is 4.66. The van der Waals surface area contributed by atoms with Gasteiger partial charge in [0.15, 0.2) is 5.69 Å². The molecular weight excluding hydrogens is 529 g/mol. The summed E-state index contributed by atoms with van der Waals surface area (Å²) >= 11 is 0. The fourth-order valence-electron chi connectivity index (χ4n) is 4.66. The van der Waals surface area contributed by atoms with Gasteiger partial charge in [0.2, 0.25) is 0 Å². The van der Waals surface area contributed by atoms with Gasteiger partial charge in [-0.3, -0.25) is 4.79 Å². The van der Waals surface area contributed by atoms with Crippen LogP contribution in [0, 0.1) is 0 Å². The summed E-state index contributed by atoms with van der Waals surface area (Å²) in [7, 11) is 4.36. The van der Waals surface area contributed by atoms with Crippen molar-refractivity contribution in [1.82, 2.24) is 24.2 Å². The number of fused-ring (bicyclic) bond motifs is 1. The minimum Gasteiger partial charge on any atom is -0.497 e. The maximum absolute atomic E-state index is 13.9. The Labute approximate surface area is 227 Å².